The Morgan fingerprint density at radius 3 is 2.53 bits per heavy atom. The highest BCUT2D eigenvalue weighted by atomic mass is 16.5. The average molecular weight is 411 g/mol. The van der Waals surface area contributed by atoms with Gasteiger partial charge in [0.1, 0.15) is 11.4 Å². The molecule has 0 aliphatic carbocycles. The maximum absolute atomic E-state index is 11.8. The van der Waals surface area contributed by atoms with Gasteiger partial charge in [-0.1, -0.05) is 30.3 Å². The van der Waals surface area contributed by atoms with Gasteiger partial charge in [-0.25, -0.2) is 4.99 Å². The molecule has 2 rings (SSSR count). The summed E-state index contributed by atoms with van der Waals surface area (Å²) in [4.78, 5) is 16.5. The first-order valence-corrected chi connectivity index (χ1v) is 10.4. The molecule has 0 saturated heterocycles. The molecule has 0 fully saturated rings. The molecular formula is C24H34N4O2. The Balaban J connectivity index is 2.00. The highest BCUT2D eigenvalue weighted by molar-refractivity contribution is 5.94. The maximum atomic E-state index is 11.8. The van der Waals surface area contributed by atoms with E-state index in [1.807, 2.05) is 76.2 Å². The average Bonchev–Trinajstić information content (AvgIpc) is 2.71. The standard InChI is InChI=1S/C24H34N4O2/c1-6-26-23(27-15-14-18-10-9-12-19(16-18)22(29)25-5)28-17-20-11-7-8-13-21(20)30-24(2,3)4/h7-13,16H,6,14-15,17H2,1-5H3,(H,25,29)(H2,26,27,28). The Labute approximate surface area is 180 Å². The van der Waals surface area contributed by atoms with Crippen molar-refractivity contribution in [3.8, 4) is 5.75 Å². The molecule has 2 aromatic rings. The lowest BCUT2D eigenvalue weighted by Crippen LogP contribution is -2.38. The Kier molecular flexibility index (Phi) is 8.71. The monoisotopic (exact) mass is 410 g/mol. The lowest BCUT2D eigenvalue weighted by molar-refractivity contribution is 0.0963. The fourth-order valence-electron chi connectivity index (χ4n) is 2.91. The number of guanidine groups is 1. The van der Waals surface area contributed by atoms with Gasteiger partial charge >= 0.3 is 0 Å². The summed E-state index contributed by atoms with van der Waals surface area (Å²) in [5.41, 5.74) is 2.56. The largest absolute Gasteiger partial charge is 0.488 e. The lowest BCUT2D eigenvalue weighted by atomic mass is 10.1. The van der Waals surface area contributed by atoms with Crippen molar-refractivity contribution in [3.05, 3.63) is 65.2 Å². The number of carbonyl (C=O) groups is 1. The van der Waals surface area contributed by atoms with Crippen LogP contribution in [0.1, 0.15) is 49.2 Å². The van der Waals surface area contributed by atoms with E-state index >= 15 is 0 Å². The summed E-state index contributed by atoms with van der Waals surface area (Å²) < 4.78 is 6.06. The smallest absolute Gasteiger partial charge is 0.251 e. The number of nitrogens with zero attached hydrogens (tertiary/aromatic N) is 1. The summed E-state index contributed by atoms with van der Waals surface area (Å²) in [6.45, 7) is 10.2. The second kappa shape index (κ2) is 11.2. The van der Waals surface area contributed by atoms with Crippen molar-refractivity contribution in [1.29, 1.82) is 0 Å². The highest BCUT2D eigenvalue weighted by Gasteiger charge is 2.14. The maximum Gasteiger partial charge on any atom is 0.251 e. The van der Waals surface area contributed by atoms with Gasteiger partial charge in [-0.15, -0.1) is 0 Å². The molecule has 3 N–H and O–H groups in total. The first-order chi connectivity index (χ1) is 14.3. The summed E-state index contributed by atoms with van der Waals surface area (Å²) >= 11 is 0. The van der Waals surface area contributed by atoms with E-state index in [1.165, 1.54) is 0 Å². The summed E-state index contributed by atoms with van der Waals surface area (Å²) in [5, 5.41) is 9.30. The molecule has 6 nitrogen and oxygen atoms in total. The molecule has 2 aromatic carbocycles. The van der Waals surface area contributed by atoms with E-state index < -0.39 is 0 Å². The van der Waals surface area contributed by atoms with Gasteiger partial charge in [0.2, 0.25) is 0 Å². The number of rotatable bonds is 8. The number of hydrogen-bond donors (Lipinski definition) is 3. The van der Waals surface area contributed by atoms with Crippen molar-refractivity contribution in [3.63, 3.8) is 0 Å². The Bertz CT molecular complexity index is 856. The van der Waals surface area contributed by atoms with Crippen molar-refractivity contribution >= 4 is 11.9 Å². The van der Waals surface area contributed by atoms with Crippen molar-refractivity contribution in [2.75, 3.05) is 20.1 Å². The van der Waals surface area contributed by atoms with Gasteiger partial charge in [0.05, 0.1) is 6.54 Å². The zero-order valence-electron chi connectivity index (χ0n) is 18.7. The van der Waals surface area contributed by atoms with Crippen molar-refractivity contribution in [1.82, 2.24) is 16.0 Å². The minimum Gasteiger partial charge on any atom is -0.488 e. The van der Waals surface area contributed by atoms with Crippen LogP contribution in [0.4, 0.5) is 0 Å². The predicted octanol–water partition coefficient (Wildman–Crippen LogP) is 3.52. The normalized spacial score (nSPS) is 11.7. The van der Waals surface area contributed by atoms with Gasteiger partial charge < -0.3 is 20.7 Å². The molecule has 1 amide bonds. The number of aliphatic imine (C=N–C) groups is 1. The Hall–Kier alpha value is -3.02. The van der Waals surface area contributed by atoms with Gasteiger partial charge in [-0.05, 0) is 57.9 Å². The first-order valence-electron chi connectivity index (χ1n) is 10.4. The van der Waals surface area contributed by atoms with Gasteiger partial charge in [0.25, 0.3) is 5.91 Å². The van der Waals surface area contributed by atoms with E-state index in [4.69, 9.17) is 9.73 Å². The van der Waals surface area contributed by atoms with E-state index in [1.54, 1.807) is 7.05 Å². The number of amides is 1. The minimum absolute atomic E-state index is 0.0733. The number of para-hydroxylation sites is 1. The number of nitrogens with one attached hydrogen (secondary N) is 3. The minimum atomic E-state index is -0.258. The Morgan fingerprint density at radius 1 is 1.07 bits per heavy atom. The van der Waals surface area contributed by atoms with Crippen LogP contribution >= 0.6 is 0 Å². The number of carbonyl (C=O) groups excluding carboxylic acids is 1. The van der Waals surface area contributed by atoms with E-state index in [2.05, 4.69) is 16.0 Å². The van der Waals surface area contributed by atoms with Crippen LogP contribution in [-0.2, 0) is 13.0 Å². The number of benzene rings is 2. The summed E-state index contributed by atoms with van der Waals surface area (Å²) in [6, 6.07) is 15.7. The second-order valence-corrected chi connectivity index (χ2v) is 7.97. The molecule has 0 saturated carbocycles. The fraction of sp³-hybridized carbons (Fsp3) is 0.417. The fourth-order valence-corrected chi connectivity index (χ4v) is 2.91. The number of hydrogen-bond acceptors (Lipinski definition) is 3. The van der Waals surface area contributed by atoms with Crippen LogP contribution in [0.15, 0.2) is 53.5 Å². The third-order valence-corrected chi connectivity index (χ3v) is 4.26. The summed E-state index contributed by atoms with van der Waals surface area (Å²) in [7, 11) is 1.64. The third kappa shape index (κ3) is 7.78. The van der Waals surface area contributed by atoms with Crippen LogP contribution in [0.5, 0.6) is 5.75 Å². The molecule has 0 aliphatic heterocycles. The quantitative estimate of drug-likeness (QED) is 0.460. The molecule has 0 atom stereocenters. The van der Waals surface area contributed by atoms with E-state index in [0.717, 1.165) is 35.8 Å². The molecule has 0 bridgehead atoms. The number of ether oxygens (including phenoxy) is 1. The topological polar surface area (TPSA) is 74.8 Å². The van der Waals surface area contributed by atoms with Gasteiger partial charge in [0.15, 0.2) is 5.96 Å². The molecule has 6 heteroatoms. The molecule has 0 spiro atoms. The van der Waals surface area contributed by atoms with E-state index in [-0.39, 0.29) is 11.5 Å². The van der Waals surface area contributed by atoms with Crippen LogP contribution < -0.4 is 20.7 Å². The zero-order chi connectivity index (χ0) is 22.0. The van der Waals surface area contributed by atoms with Gasteiger partial charge in [0, 0.05) is 31.3 Å². The van der Waals surface area contributed by atoms with Crippen molar-refractivity contribution in [2.24, 2.45) is 4.99 Å². The zero-order valence-corrected chi connectivity index (χ0v) is 18.7. The molecule has 0 aromatic heterocycles. The van der Waals surface area contributed by atoms with Crippen LogP contribution in [-0.4, -0.2) is 37.6 Å². The van der Waals surface area contributed by atoms with E-state index in [9.17, 15) is 4.79 Å². The third-order valence-electron chi connectivity index (χ3n) is 4.26. The van der Waals surface area contributed by atoms with Crippen LogP contribution in [0.2, 0.25) is 0 Å². The molecule has 0 aliphatic rings. The molecule has 0 radical (unpaired) electrons. The van der Waals surface area contributed by atoms with Gasteiger partial charge in [-0.2, -0.15) is 0 Å². The predicted molar refractivity (Wildman–Crippen MR) is 123 cm³/mol. The Morgan fingerprint density at radius 2 is 1.83 bits per heavy atom. The molecular weight excluding hydrogens is 376 g/mol. The lowest BCUT2D eigenvalue weighted by Gasteiger charge is -2.23. The highest BCUT2D eigenvalue weighted by Crippen LogP contribution is 2.23. The van der Waals surface area contributed by atoms with Crippen LogP contribution in [0.3, 0.4) is 0 Å². The molecule has 0 unspecified atom stereocenters. The second-order valence-electron chi connectivity index (χ2n) is 7.97. The van der Waals surface area contributed by atoms with Crippen molar-refractivity contribution < 1.29 is 9.53 Å². The van der Waals surface area contributed by atoms with Gasteiger partial charge in [-0.3, -0.25) is 4.79 Å². The molecule has 162 valence electrons. The van der Waals surface area contributed by atoms with Crippen LogP contribution in [0.25, 0.3) is 0 Å². The van der Waals surface area contributed by atoms with Crippen molar-refractivity contribution in [2.45, 2.75) is 46.3 Å². The SMILES string of the molecule is CCNC(=NCc1ccccc1OC(C)(C)C)NCCc1cccc(C(=O)NC)c1. The van der Waals surface area contributed by atoms with Crippen LogP contribution in [0, 0.1) is 0 Å². The van der Waals surface area contributed by atoms with E-state index in [0.29, 0.717) is 18.7 Å². The first kappa shape index (κ1) is 23.3. The molecule has 30 heavy (non-hydrogen) atoms. The summed E-state index contributed by atoms with van der Waals surface area (Å²) in [5.74, 6) is 1.54. The summed E-state index contributed by atoms with van der Waals surface area (Å²) in [6.07, 6.45) is 0.791. The molecule has 0 heterocycles.